The Kier molecular flexibility index (Phi) is 2.86. The molecule has 3 heteroatoms. The summed E-state index contributed by atoms with van der Waals surface area (Å²) in [6.07, 6.45) is 2.14. The van der Waals surface area contributed by atoms with Crippen molar-refractivity contribution in [3.63, 3.8) is 0 Å². The third kappa shape index (κ3) is 1.93. The second-order valence-corrected chi connectivity index (χ2v) is 5.66. The molecule has 1 aromatic carbocycles. The first-order valence-corrected chi connectivity index (χ1v) is 6.66. The molecule has 2 aromatic rings. The van der Waals surface area contributed by atoms with Crippen molar-refractivity contribution >= 4 is 10.9 Å². The maximum absolute atomic E-state index is 13.7. The molecule has 0 spiro atoms. The van der Waals surface area contributed by atoms with Crippen molar-refractivity contribution in [2.75, 3.05) is 0 Å². The number of hydrogen-bond acceptors (Lipinski definition) is 1. The zero-order valence-electron chi connectivity index (χ0n) is 10.9. The topological polar surface area (TPSA) is 27.8 Å². The van der Waals surface area contributed by atoms with Crippen LogP contribution in [0.1, 0.15) is 31.5 Å². The minimum atomic E-state index is -0.151. The molecule has 2 N–H and O–H groups in total. The van der Waals surface area contributed by atoms with Gasteiger partial charge in [0.25, 0.3) is 0 Å². The maximum atomic E-state index is 13.7. The van der Waals surface area contributed by atoms with Crippen LogP contribution in [0.15, 0.2) is 18.2 Å². The summed E-state index contributed by atoms with van der Waals surface area (Å²) >= 11 is 0. The highest BCUT2D eigenvalue weighted by Crippen LogP contribution is 2.28. The molecule has 0 amide bonds. The number of rotatable bonds is 2. The lowest BCUT2D eigenvalue weighted by molar-refractivity contribution is 0.396. The van der Waals surface area contributed by atoms with Crippen LogP contribution in [0.25, 0.3) is 10.9 Å². The minimum absolute atomic E-state index is 0.151. The van der Waals surface area contributed by atoms with Crippen LogP contribution >= 0.6 is 0 Å². The maximum Gasteiger partial charge on any atom is 0.147 e. The molecule has 2 heterocycles. The van der Waals surface area contributed by atoms with Crippen molar-refractivity contribution in [1.29, 1.82) is 0 Å². The van der Waals surface area contributed by atoms with Crippen molar-refractivity contribution in [1.82, 2.24) is 10.3 Å². The van der Waals surface area contributed by atoms with Crippen molar-refractivity contribution in [2.45, 2.75) is 39.3 Å². The summed E-state index contributed by atoms with van der Waals surface area (Å²) in [4.78, 5) is 3.27. The molecule has 2 nitrogen and oxygen atoms in total. The van der Waals surface area contributed by atoms with Gasteiger partial charge in [-0.2, -0.15) is 0 Å². The standard InChI is InChI=1S/C15H19FN2/c1-9(2)6-10-7-14-12(8-17-10)11-4-3-5-13(16)15(11)18-14/h3-5,9-10,17-18H,6-8H2,1-2H3. The molecule has 0 bridgehead atoms. The lowest BCUT2D eigenvalue weighted by Crippen LogP contribution is -2.36. The van der Waals surface area contributed by atoms with E-state index >= 15 is 0 Å². The number of nitrogens with one attached hydrogen (secondary N) is 2. The Hall–Kier alpha value is -1.35. The van der Waals surface area contributed by atoms with E-state index in [0.717, 1.165) is 24.8 Å². The Labute approximate surface area is 107 Å². The lowest BCUT2D eigenvalue weighted by Gasteiger charge is -2.25. The SMILES string of the molecule is CC(C)CC1Cc2[nH]c3c(F)cccc3c2CN1. The third-order valence-corrected chi connectivity index (χ3v) is 3.75. The van der Waals surface area contributed by atoms with Crippen LogP contribution in [0, 0.1) is 11.7 Å². The predicted molar refractivity (Wildman–Crippen MR) is 72.0 cm³/mol. The van der Waals surface area contributed by atoms with Crippen LogP contribution < -0.4 is 5.32 Å². The molecule has 3 rings (SSSR count). The van der Waals surface area contributed by atoms with Crippen LogP contribution in [0.4, 0.5) is 4.39 Å². The fraction of sp³-hybridized carbons (Fsp3) is 0.467. The molecule has 1 atom stereocenters. The van der Waals surface area contributed by atoms with E-state index in [1.165, 1.54) is 17.3 Å². The van der Waals surface area contributed by atoms with Gasteiger partial charge in [0.1, 0.15) is 5.82 Å². The van der Waals surface area contributed by atoms with E-state index in [1.807, 2.05) is 6.07 Å². The van der Waals surface area contributed by atoms with Gasteiger partial charge in [-0.05, 0) is 24.0 Å². The van der Waals surface area contributed by atoms with Crippen molar-refractivity contribution in [3.8, 4) is 0 Å². The van der Waals surface area contributed by atoms with Gasteiger partial charge in [-0.3, -0.25) is 0 Å². The number of hydrogen-bond donors (Lipinski definition) is 2. The van der Waals surface area contributed by atoms with Crippen LogP contribution in [0.5, 0.6) is 0 Å². The second kappa shape index (κ2) is 4.39. The van der Waals surface area contributed by atoms with E-state index in [4.69, 9.17) is 0 Å². The van der Waals surface area contributed by atoms with Crippen molar-refractivity contribution in [3.05, 3.63) is 35.3 Å². The van der Waals surface area contributed by atoms with Crippen LogP contribution in [-0.2, 0) is 13.0 Å². The summed E-state index contributed by atoms with van der Waals surface area (Å²) in [7, 11) is 0. The Morgan fingerprint density at radius 2 is 2.22 bits per heavy atom. The lowest BCUT2D eigenvalue weighted by atomic mass is 9.94. The predicted octanol–water partition coefficient (Wildman–Crippen LogP) is 3.37. The second-order valence-electron chi connectivity index (χ2n) is 5.66. The first-order valence-electron chi connectivity index (χ1n) is 6.66. The molecular weight excluding hydrogens is 227 g/mol. The highest BCUT2D eigenvalue weighted by Gasteiger charge is 2.23. The number of benzene rings is 1. The summed E-state index contributed by atoms with van der Waals surface area (Å²) in [5.41, 5.74) is 3.11. The number of aromatic amines is 1. The molecular formula is C15H19FN2. The first kappa shape index (κ1) is 11.7. The highest BCUT2D eigenvalue weighted by atomic mass is 19.1. The number of para-hydroxylation sites is 1. The summed E-state index contributed by atoms with van der Waals surface area (Å²) in [6.45, 7) is 5.32. The molecule has 1 aliphatic heterocycles. The summed E-state index contributed by atoms with van der Waals surface area (Å²) in [5, 5.41) is 4.59. The number of halogens is 1. The Morgan fingerprint density at radius 3 is 3.00 bits per heavy atom. The number of aromatic nitrogens is 1. The van der Waals surface area contributed by atoms with Gasteiger partial charge >= 0.3 is 0 Å². The molecule has 96 valence electrons. The largest absolute Gasteiger partial charge is 0.356 e. The van der Waals surface area contributed by atoms with E-state index in [9.17, 15) is 4.39 Å². The average molecular weight is 246 g/mol. The smallest absolute Gasteiger partial charge is 0.147 e. The highest BCUT2D eigenvalue weighted by molar-refractivity contribution is 5.85. The van der Waals surface area contributed by atoms with Gasteiger partial charge in [0, 0.05) is 30.1 Å². The Bertz CT molecular complexity index is 571. The molecule has 0 saturated heterocycles. The molecule has 0 fully saturated rings. The van der Waals surface area contributed by atoms with Gasteiger partial charge in [-0.1, -0.05) is 26.0 Å². The minimum Gasteiger partial charge on any atom is -0.356 e. The van der Waals surface area contributed by atoms with Crippen molar-refractivity contribution in [2.24, 2.45) is 5.92 Å². The number of H-pyrrole nitrogens is 1. The van der Waals surface area contributed by atoms with Gasteiger partial charge in [0.15, 0.2) is 0 Å². The third-order valence-electron chi connectivity index (χ3n) is 3.75. The first-order chi connectivity index (χ1) is 8.65. The van der Waals surface area contributed by atoms with E-state index in [2.05, 4.69) is 24.1 Å². The molecule has 0 saturated carbocycles. The van der Waals surface area contributed by atoms with E-state index < -0.39 is 0 Å². The Morgan fingerprint density at radius 1 is 1.39 bits per heavy atom. The van der Waals surface area contributed by atoms with Gasteiger partial charge < -0.3 is 10.3 Å². The Balaban J connectivity index is 1.97. The normalized spacial score (nSPS) is 19.4. The van der Waals surface area contributed by atoms with E-state index in [1.54, 1.807) is 6.07 Å². The van der Waals surface area contributed by atoms with Gasteiger partial charge in [-0.25, -0.2) is 4.39 Å². The molecule has 0 radical (unpaired) electrons. The molecule has 1 aromatic heterocycles. The van der Waals surface area contributed by atoms with Gasteiger partial charge in [0.05, 0.1) is 5.52 Å². The van der Waals surface area contributed by atoms with Crippen LogP contribution in [-0.4, -0.2) is 11.0 Å². The molecule has 1 unspecified atom stereocenters. The molecule has 1 aliphatic rings. The van der Waals surface area contributed by atoms with Crippen molar-refractivity contribution < 1.29 is 4.39 Å². The quantitative estimate of drug-likeness (QED) is 0.835. The summed E-state index contributed by atoms with van der Waals surface area (Å²) in [6, 6.07) is 5.81. The van der Waals surface area contributed by atoms with Crippen LogP contribution in [0.3, 0.4) is 0 Å². The van der Waals surface area contributed by atoms with E-state index in [-0.39, 0.29) is 5.82 Å². The molecule has 18 heavy (non-hydrogen) atoms. The average Bonchev–Trinajstić information content (AvgIpc) is 2.67. The van der Waals surface area contributed by atoms with Gasteiger partial charge in [0.2, 0.25) is 0 Å². The van der Waals surface area contributed by atoms with Gasteiger partial charge in [-0.15, -0.1) is 0 Å². The molecule has 0 aliphatic carbocycles. The fourth-order valence-corrected chi connectivity index (χ4v) is 2.97. The summed E-state index contributed by atoms with van der Waals surface area (Å²) < 4.78 is 13.7. The number of fused-ring (bicyclic) bond motifs is 3. The summed E-state index contributed by atoms with van der Waals surface area (Å²) in [5.74, 6) is 0.535. The zero-order chi connectivity index (χ0) is 12.7. The zero-order valence-corrected chi connectivity index (χ0v) is 10.9. The fourth-order valence-electron chi connectivity index (χ4n) is 2.97. The van der Waals surface area contributed by atoms with E-state index in [0.29, 0.717) is 17.5 Å². The van der Waals surface area contributed by atoms with Crippen LogP contribution in [0.2, 0.25) is 0 Å². The monoisotopic (exact) mass is 246 g/mol.